The van der Waals surface area contributed by atoms with Crippen LogP contribution in [0.5, 0.6) is 0 Å². The zero-order valence-corrected chi connectivity index (χ0v) is 12.2. The van der Waals surface area contributed by atoms with Gasteiger partial charge in [-0.2, -0.15) is 0 Å². The first-order chi connectivity index (χ1) is 8.86. The molecule has 1 rings (SSSR count). The van der Waals surface area contributed by atoms with Gasteiger partial charge in [0.2, 0.25) is 15.9 Å². The van der Waals surface area contributed by atoms with Crippen LogP contribution in [0.25, 0.3) is 0 Å². The Morgan fingerprint density at radius 2 is 2.05 bits per heavy atom. The number of primary sulfonamides is 1. The van der Waals surface area contributed by atoms with Gasteiger partial charge in [-0.3, -0.25) is 4.79 Å². The fourth-order valence-electron chi connectivity index (χ4n) is 1.65. The predicted octanol–water partition coefficient (Wildman–Crippen LogP) is 1.99. The summed E-state index contributed by atoms with van der Waals surface area (Å²) in [6, 6.07) is 4.60. The van der Waals surface area contributed by atoms with Crippen LogP contribution in [0.1, 0.15) is 24.8 Å². The van der Waals surface area contributed by atoms with Crippen LogP contribution in [0.15, 0.2) is 23.1 Å². The third-order valence-electron chi connectivity index (χ3n) is 2.65. The van der Waals surface area contributed by atoms with Crippen LogP contribution in [0.3, 0.4) is 0 Å². The second-order valence-corrected chi connectivity index (χ2v) is 6.08. The number of sulfonamides is 1. The number of nitrogens with two attached hydrogens (primary N) is 1. The molecule has 1 amide bonds. The van der Waals surface area contributed by atoms with Gasteiger partial charge in [-0.25, -0.2) is 13.6 Å². The molecular weight excluding hydrogens is 288 g/mol. The molecule has 7 heteroatoms. The summed E-state index contributed by atoms with van der Waals surface area (Å²) >= 11 is 5.53. The van der Waals surface area contributed by atoms with E-state index in [4.69, 9.17) is 16.7 Å². The van der Waals surface area contributed by atoms with Gasteiger partial charge in [0.05, 0.1) is 4.90 Å². The fourth-order valence-corrected chi connectivity index (χ4v) is 2.64. The number of carbonyl (C=O) groups excluding carboxylic acids is 1. The average molecular weight is 305 g/mol. The van der Waals surface area contributed by atoms with E-state index >= 15 is 0 Å². The number of hydrogen-bond donors (Lipinski definition) is 2. The van der Waals surface area contributed by atoms with E-state index in [0.29, 0.717) is 30.0 Å². The van der Waals surface area contributed by atoms with Gasteiger partial charge in [0.25, 0.3) is 0 Å². The Morgan fingerprint density at radius 3 is 2.63 bits per heavy atom. The summed E-state index contributed by atoms with van der Waals surface area (Å²) in [5.74, 6) is 0.354. The molecule has 0 spiro atoms. The Morgan fingerprint density at radius 1 is 1.37 bits per heavy atom. The highest BCUT2D eigenvalue weighted by Crippen LogP contribution is 2.22. The summed E-state index contributed by atoms with van der Waals surface area (Å²) in [4.78, 5) is 11.7. The summed E-state index contributed by atoms with van der Waals surface area (Å²) in [6.45, 7) is 1.61. The molecule has 0 saturated heterocycles. The highest BCUT2D eigenvalue weighted by molar-refractivity contribution is 7.89. The van der Waals surface area contributed by atoms with Crippen molar-refractivity contribution in [1.82, 2.24) is 0 Å². The summed E-state index contributed by atoms with van der Waals surface area (Å²) in [5.41, 5.74) is 0.901. The number of hydrogen-bond acceptors (Lipinski definition) is 3. The van der Waals surface area contributed by atoms with Crippen molar-refractivity contribution in [1.29, 1.82) is 0 Å². The van der Waals surface area contributed by atoms with Crippen LogP contribution in [0, 0.1) is 6.92 Å². The molecule has 1 aromatic carbocycles. The van der Waals surface area contributed by atoms with E-state index in [1.165, 1.54) is 6.07 Å². The molecule has 0 fully saturated rings. The Balaban J connectivity index is 2.83. The Kier molecular flexibility index (Phi) is 5.78. The van der Waals surface area contributed by atoms with Crippen molar-refractivity contribution in [2.45, 2.75) is 31.1 Å². The van der Waals surface area contributed by atoms with Crippen LogP contribution in [0.2, 0.25) is 0 Å². The number of carbonyl (C=O) groups is 1. The SMILES string of the molecule is Cc1c(NC(=O)CCCCCl)cccc1S(N)(=O)=O. The largest absolute Gasteiger partial charge is 0.326 e. The molecule has 0 bridgehead atoms. The normalized spacial score (nSPS) is 11.3. The first-order valence-corrected chi connectivity index (χ1v) is 7.92. The molecule has 3 N–H and O–H groups in total. The van der Waals surface area contributed by atoms with Gasteiger partial charge in [0, 0.05) is 18.0 Å². The topological polar surface area (TPSA) is 89.3 Å². The van der Waals surface area contributed by atoms with Gasteiger partial charge < -0.3 is 5.32 Å². The van der Waals surface area contributed by atoms with Gasteiger partial charge in [0.15, 0.2) is 0 Å². The first-order valence-electron chi connectivity index (χ1n) is 5.84. The third kappa shape index (κ3) is 4.81. The van der Waals surface area contributed by atoms with Crippen molar-refractivity contribution < 1.29 is 13.2 Å². The van der Waals surface area contributed by atoms with Gasteiger partial charge in [-0.05, 0) is 37.5 Å². The Hall–Kier alpha value is -1.11. The van der Waals surface area contributed by atoms with Crippen LogP contribution in [0.4, 0.5) is 5.69 Å². The lowest BCUT2D eigenvalue weighted by molar-refractivity contribution is -0.116. The minimum atomic E-state index is -3.78. The molecule has 0 aliphatic carbocycles. The summed E-state index contributed by atoms with van der Waals surface area (Å²) in [6.07, 6.45) is 1.82. The molecule has 0 aliphatic rings. The minimum absolute atomic E-state index is 0.0195. The standard InChI is InChI=1S/C12H17ClN2O3S/c1-9-10(15-12(16)7-2-3-8-13)5-4-6-11(9)19(14,17)18/h4-6H,2-3,7-8H2,1H3,(H,15,16)(H2,14,17,18). The van der Waals surface area contributed by atoms with Crippen molar-refractivity contribution >= 4 is 33.2 Å². The van der Waals surface area contributed by atoms with Crippen molar-refractivity contribution in [3.8, 4) is 0 Å². The van der Waals surface area contributed by atoms with Gasteiger partial charge in [-0.1, -0.05) is 6.07 Å². The van der Waals surface area contributed by atoms with Crippen LogP contribution in [-0.2, 0) is 14.8 Å². The molecule has 0 saturated carbocycles. The van der Waals surface area contributed by atoms with E-state index in [2.05, 4.69) is 5.32 Å². The molecule has 5 nitrogen and oxygen atoms in total. The number of alkyl halides is 1. The van der Waals surface area contributed by atoms with E-state index in [0.717, 1.165) is 6.42 Å². The molecule has 0 atom stereocenters. The number of halogens is 1. The second-order valence-electron chi connectivity index (χ2n) is 4.17. The molecule has 1 aromatic rings. The maximum Gasteiger partial charge on any atom is 0.238 e. The van der Waals surface area contributed by atoms with Crippen molar-refractivity contribution in [2.24, 2.45) is 5.14 Å². The molecule has 106 valence electrons. The van der Waals surface area contributed by atoms with Gasteiger partial charge in [-0.15, -0.1) is 11.6 Å². The second kappa shape index (κ2) is 6.88. The van der Waals surface area contributed by atoms with E-state index < -0.39 is 10.0 Å². The smallest absolute Gasteiger partial charge is 0.238 e. The first kappa shape index (κ1) is 15.9. The summed E-state index contributed by atoms with van der Waals surface area (Å²) in [5, 5.41) is 7.78. The zero-order valence-electron chi connectivity index (χ0n) is 10.6. The monoisotopic (exact) mass is 304 g/mol. The van der Waals surface area contributed by atoms with E-state index in [1.54, 1.807) is 19.1 Å². The number of anilines is 1. The molecule has 19 heavy (non-hydrogen) atoms. The van der Waals surface area contributed by atoms with E-state index in [-0.39, 0.29) is 10.8 Å². The molecule has 0 aromatic heterocycles. The molecule has 0 unspecified atom stereocenters. The molecule has 0 aliphatic heterocycles. The highest BCUT2D eigenvalue weighted by atomic mass is 35.5. The maximum absolute atomic E-state index is 11.7. The fraction of sp³-hybridized carbons (Fsp3) is 0.417. The highest BCUT2D eigenvalue weighted by Gasteiger charge is 2.14. The van der Waals surface area contributed by atoms with Crippen LogP contribution < -0.4 is 10.5 Å². The van der Waals surface area contributed by atoms with E-state index in [9.17, 15) is 13.2 Å². The minimum Gasteiger partial charge on any atom is -0.326 e. The van der Waals surface area contributed by atoms with Gasteiger partial charge >= 0.3 is 0 Å². The average Bonchev–Trinajstić information content (AvgIpc) is 2.30. The predicted molar refractivity (Wildman–Crippen MR) is 75.8 cm³/mol. The Bertz CT molecular complexity index is 558. The number of benzene rings is 1. The number of rotatable bonds is 6. The molecule has 0 heterocycles. The maximum atomic E-state index is 11.7. The zero-order chi connectivity index (χ0) is 14.5. The summed E-state index contributed by atoms with van der Waals surface area (Å²) < 4.78 is 22.7. The lowest BCUT2D eigenvalue weighted by atomic mass is 10.2. The quantitative estimate of drug-likeness (QED) is 0.622. The lowest BCUT2D eigenvalue weighted by Crippen LogP contribution is -2.16. The van der Waals surface area contributed by atoms with Crippen LogP contribution >= 0.6 is 11.6 Å². The number of amides is 1. The van der Waals surface area contributed by atoms with Crippen molar-refractivity contribution in [2.75, 3.05) is 11.2 Å². The van der Waals surface area contributed by atoms with Crippen molar-refractivity contribution in [3.05, 3.63) is 23.8 Å². The summed E-state index contributed by atoms with van der Waals surface area (Å²) in [7, 11) is -3.78. The van der Waals surface area contributed by atoms with Crippen LogP contribution in [-0.4, -0.2) is 20.2 Å². The molecule has 0 radical (unpaired) electrons. The lowest BCUT2D eigenvalue weighted by Gasteiger charge is -2.11. The molecular formula is C12H17ClN2O3S. The van der Waals surface area contributed by atoms with E-state index in [1.807, 2.05) is 0 Å². The third-order valence-corrected chi connectivity index (χ3v) is 3.97. The number of nitrogens with one attached hydrogen (secondary N) is 1. The number of unbranched alkanes of at least 4 members (excludes halogenated alkanes) is 1. The Labute approximate surface area is 118 Å². The van der Waals surface area contributed by atoms with Gasteiger partial charge in [0.1, 0.15) is 0 Å². The van der Waals surface area contributed by atoms with Crippen molar-refractivity contribution in [3.63, 3.8) is 0 Å².